The largest absolute Gasteiger partial charge is 0.606 e. The lowest BCUT2D eigenvalue weighted by Crippen LogP contribution is -2.24. The van der Waals surface area contributed by atoms with Gasteiger partial charge in [0, 0.05) is 23.6 Å². The van der Waals surface area contributed by atoms with Crippen LogP contribution in [0.2, 0.25) is 0 Å². The van der Waals surface area contributed by atoms with E-state index in [-0.39, 0.29) is 10.6 Å². The Morgan fingerprint density at radius 1 is 1.13 bits per heavy atom. The molecule has 0 saturated heterocycles. The van der Waals surface area contributed by atoms with Gasteiger partial charge in [-0.1, -0.05) is 12.1 Å². The van der Waals surface area contributed by atoms with Crippen LogP contribution < -0.4 is 10.3 Å². The lowest BCUT2D eigenvalue weighted by molar-refractivity contribution is 0.414. The van der Waals surface area contributed by atoms with E-state index < -0.39 is 16.7 Å². The Balaban J connectivity index is 2.20. The van der Waals surface area contributed by atoms with Gasteiger partial charge in [0.25, 0.3) is 4.90 Å². The average Bonchev–Trinajstić information content (AvgIpc) is 2.60. The van der Waals surface area contributed by atoms with Crippen molar-refractivity contribution in [2.24, 2.45) is 7.05 Å². The number of aryl methyl sites for hydroxylation is 1. The van der Waals surface area contributed by atoms with E-state index in [4.69, 9.17) is 4.74 Å². The molecule has 2 aromatic carbocycles. The van der Waals surface area contributed by atoms with Crippen molar-refractivity contribution in [2.45, 2.75) is 9.79 Å². The summed E-state index contributed by atoms with van der Waals surface area (Å²) < 4.78 is 19.2. The number of nitrogens with zero attached hydrogens (tertiary/aromatic N) is 1. The Bertz CT molecular complexity index is 918. The van der Waals surface area contributed by atoms with Crippen LogP contribution in [-0.4, -0.2) is 21.3 Å². The third-order valence-corrected chi connectivity index (χ3v) is 5.13. The third kappa shape index (κ3) is 2.56. The van der Waals surface area contributed by atoms with Gasteiger partial charge in [0.2, 0.25) is 0 Å². The molecule has 5 nitrogen and oxygen atoms in total. The fourth-order valence-corrected chi connectivity index (χ4v) is 3.64. The number of pyridine rings is 1. The fraction of sp³-hybridized carbons (Fsp3) is 0.118. The molecule has 6 heteroatoms. The van der Waals surface area contributed by atoms with Crippen LogP contribution in [0.1, 0.15) is 0 Å². The molecule has 3 aromatic rings. The average molecular weight is 329 g/mol. The summed E-state index contributed by atoms with van der Waals surface area (Å²) in [5, 5.41) is 10.9. The highest BCUT2D eigenvalue weighted by Crippen LogP contribution is 2.32. The quantitative estimate of drug-likeness (QED) is 0.749. The first-order valence-electron chi connectivity index (χ1n) is 6.91. The van der Waals surface area contributed by atoms with Crippen LogP contribution in [0.15, 0.2) is 63.1 Å². The van der Waals surface area contributed by atoms with Gasteiger partial charge in [-0.2, -0.15) is 0 Å². The Hall–Kier alpha value is -2.44. The monoisotopic (exact) mass is 329 g/mol. The van der Waals surface area contributed by atoms with Gasteiger partial charge in [-0.25, -0.2) is 0 Å². The summed E-state index contributed by atoms with van der Waals surface area (Å²) in [5.74, 6) is 0.388. The van der Waals surface area contributed by atoms with Crippen LogP contribution >= 0.6 is 0 Å². The van der Waals surface area contributed by atoms with E-state index in [1.54, 1.807) is 55.6 Å². The number of fused-ring (bicyclic) bond motifs is 1. The van der Waals surface area contributed by atoms with Gasteiger partial charge in [-0.15, -0.1) is 0 Å². The van der Waals surface area contributed by atoms with Gasteiger partial charge in [0.1, 0.15) is 5.75 Å². The lowest BCUT2D eigenvalue weighted by atomic mass is 10.2. The summed E-state index contributed by atoms with van der Waals surface area (Å²) in [6.45, 7) is 0. The van der Waals surface area contributed by atoms with E-state index in [0.29, 0.717) is 21.5 Å². The highest BCUT2D eigenvalue weighted by atomic mass is 32.2. The van der Waals surface area contributed by atoms with Crippen molar-refractivity contribution < 1.29 is 14.4 Å². The molecule has 3 rings (SSSR count). The minimum atomic E-state index is -1.79. The number of aromatic nitrogens is 1. The topological polar surface area (TPSA) is 74.5 Å². The van der Waals surface area contributed by atoms with E-state index in [1.807, 2.05) is 0 Å². The van der Waals surface area contributed by atoms with Crippen molar-refractivity contribution in [1.82, 2.24) is 4.57 Å². The van der Waals surface area contributed by atoms with E-state index in [0.717, 1.165) is 0 Å². The molecule has 0 radical (unpaired) electrons. The molecule has 0 amide bonds. The first-order chi connectivity index (χ1) is 11.0. The Morgan fingerprint density at radius 2 is 1.78 bits per heavy atom. The van der Waals surface area contributed by atoms with Gasteiger partial charge in [0.15, 0.2) is 10.6 Å². The molecule has 0 aliphatic rings. The van der Waals surface area contributed by atoms with Gasteiger partial charge < -0.3 is 19.0 Å². The van der Waals surface area contributed by atoms with Crippen molar-refractivity contribution in [3.8, 4) is 11.5 Å². The van der Waals surface area contributed by atoms with E-state index in [2.05, 4.69) is 0 Å². The molecule has 118 valence electrons. The minimum Gasteiger partial charge on any atom is -0.606 e. The zero-order chi connectivity index (χ0) is 16.6. The molecule has 0 aliphatic heterocycles. The molecular formula is C17H15NO4S. The second-order valence-corrected chi connectivity index (χ2v) is 6.42. The zero-order valence-corrected chi connectivity index (χ0v) is 13.5. The summed E-state index contributed by atoms with van der Waals surface area (Å²) in [6.07, 6.45) is 0. The van der Waals surface area contributed by atoms with Gasteiger partial charge in [-0.05, 0) is 36.4 Å². The molecule has 1 aromatic heterocycles. The van der Waals surface area contributed by atoms with Crippen molar-refractivity contribution in [2.75, 3.05) is 7.11 Å². The minimum absolute atomic E-state index is 0.114. The Kier molecular flexibility index (Phi) is 4.02. The Labute approximate surface area is 135 Å². The number of para-hydroxylation sites is 1. The van der Waals surface area contributed by atoms with Crippen LogP contribution in [0.25, 0.3) is 10.9 Å². The highest BCUT2D eigenvalue weighted by molar-refractivity contribution is 7.91. The molecule has 0 aliphatic carbocycles. The smallest absolute Gasteiger partial charge is 0.310 e. The lowest BCUT2D eigenvalue weighted by Gasteiger charge is -2.14. The van der Waals surface area contributed by atoms with Gasteiger partial charge in [-0.3, -0.25) is 4.79 Å². The molecule has 0 saturated carbocycles. The fourth-order valence-electron chi connectivity index (χ4n) is 2.44. The SMILES string of the molecule is COc1ccc([S+]([O-])c2c(O)c3ccccc3n(C)c2=O)cc1. The third-order valence-electron chi connectivity index (χ3n) is 3.69. The summed E-state index contributed by atoms with van der Waals surface area (Å²) in [7, 11) is 3.13. The highest BCUT2D eigenvalue weighted by Gasteiger charge is 2.27. The standard InChI is InChI=1S/C17H15NO4S/c1-18-14-6-4-3-5-13(14)15(19)16(17(18)20)23(21)12-9-7-11(22-2)8-10-12/h3-10,19H,1-2H3. The molecule has 23 heavy (non-hydrogen) atoms. The van der Waals surface area contributed by atoms with Crippen LogP contribution in [0, 0.1) is 0 Å². The number of hydrogen-bond donors (Lipinski definition) is 1. The molecule has 1 atom stereocenters. The van der Waals surface area contributed by atoms with Crippen LogP contribution in [0.4, 0.5) is 0 Å². The van der Waals surface area contributed by atoms with Crippen molar-refractivity contribution in [3.05, 3.63) is 58.9 Å². The van der Waals surface area contributed by atoms with Crippen molar-refractivity contribution in [1.29, 1.82) is 0 Å². The van der Waals surface area contributed by atoms with E-state index in [9.17, 15) is 14.5 Å². The normalized spacial score (nSPS) is 12.3. The molecule has 0 spiro atoms. The molecule has 1 unspecified atom stereocenters. The maximum absolute atomic E-state index is 12.8. The van der Waals surface area contributed by atoms with Crippen LogP contribution in [-0.2, 0) is 18.2 Å². The van der Waals surface area contributed by atoms with Gasteiger partial charge in [0.05, 0.1) is 12.6 Å². The van der Waals surface area contributed by atoms with Gasteiger partial charge >= 0.3 is 5.56 Å². The van der Waals surface area contributed by atoms with Crippen LogP contribution in [0.5, 0.6) is 11.5 Å². The van der Waals surface area contributed by atoms with Crippen molar-refractivity contribution >= 4 is 22.1 Å². The number of methoxy groups -OCH3 is 1. The molecule has 0 bridgehead atoms. The Morgan fingerprint density at radius 3 is 2.43 bits per heavy atom. The molecule has 1 heterocycles. The zero-order valence-electron chi connectivity index (χ0n) is 12.6. The molecule has 1 N–H and O–H groups in total. The second-order valence-electron chi connectivity index (χ2n) is 5.00. The first kappa shape index (κ1) is 15.5. The first-order valence-corrected chi connectivity index (χ1v) is 8.06. The van der Waals surface area contributed by atoms with E-state index in [1.165, 1.54) is 11.7 Å². The summed E-state index contributed by atoms with van der Waals surface area (Å²) in [6, 6.07) is 13.5. The van der Waals surface area contributed by atoms with E-state index >= 15 is 0 Å². The number of rotatable bonds is 3. The van der Waals surface area contributed by atoms with Crippen LogP contribution in [0.3, 0.4) is 0 Å². The summed E-state index contributed by atoms with van der Waals surface area (Å²) in [5.41, 5.74) is 0.112. The summed E-state index contributed by atoms with van der Waals surface area (Å²) >= 11 is -1.79. The number of benzene rings is 2. The number of ether oxygens (including phenoxy) is 1. The molecular weight excluding hydrogens is 314 g/mol. The number of aromatic hydroxyl groups is 1. The maximum Gasteiger partial charge on any atom is 0.310 e. The maximum atomic E-state index is 12.8. The molecule has 0 fully saturated rings. The number of hydrogen-bond acceptors (Lipinski definition) is 4. The summed E-state index contributed by atoms with van der Waals surface area (Å²) in [4.78, 5) is 12.8. The predicted octanol–water partition coefficient (Wildman–Crippen LogP) is 2.42. The van der Waals surface area contributed by atoms with Crippen molar-refractivity contribution in [3.63, 3.8) is 0 Å². The second kappa shape index (κ2) is 5.98. The predicted molar refractivity (Wildman–Crippen MR) is 88.5 cm³/mol.